The summed E-state index contributed by atoms with van der Waals surface area (Å²) >= 11 is 0. The van der Waals surface area contributed by atoms with Crippen LogP contribution in [0.15, 0.2) is 24.3 Å². The summed E-state index contributed by atoms with van der Waals surface area (Å²) in [5.41, 5.74) is 1.52. The third-order valence-electron chi connectivity index (χ3n) is 8.08. The summed E-state index contributed by atoms with van der Waals surface area (Å²) in [6.45, 7) is 5.59. The van der Waals surface area contributed by atoms with Crippen molar-refractivity contribution in [1.29, 1.82) is 0 Å². The van der Waals surface area contributed by atoms with E-state index in [1.807, 2.05) is 0 Å². The van der Waals surface area contributed by atoms with Crippen LogP contribution in [0, 0.1) is 17.8 Å². The zero-order valence-corrected chi connectivity index (χ0v) is 20.0. The molecule has 0 amide bonds. The van der Waals surface area contributed by atoms with Crippen LogP contribution < -0.4 is 4.74 Å². The Morgan fingerprint density at radius 3 is 1.93 bits per heavy atom. The van der Waals surface area contributed by atoms with Gasteiger partial charge in [-0.15, -0.1) is 0 Å². The lowest BCUT2D eigenvalue weighted by Crippen LogP contribution is -2.15. The van der Waals surface area contributed by atoms with Crippen LogP contribution in [0.2, 0.25) is 0 Å². The molecule has 30 heavy (non-hydrogen) atoms. The largest absolute Gasteiger partial charge is 0.494 e. The number of hydrogen-bond acceptors (Lipinski definition) is 1. The predicted octanol–water partition coefficient (Wildman–Crippen LogP) is 9.31. The number of ether oxygens (including phenoxy) is 1. The van der Waals surface area contributed by atoms with E-state index in [0.29, 0.717) is 0 Å². The van der Waals surface area contributed by atoms with Crippen molar-refractivity contribution in [3.05, 3.63) is 29.8 Å². The fraction of sp³-hybridized carbons (Fsp3) is 0.793. The van der Waals surface area contributed by atoms with Gasteiger partial charge in [0.05, 0.1) is 6.61 Å². The quantitative estimate of drug-likeness (QED) is 0.311. The van der Waals surface area contributed by atoms with Crippen molar-refractivity contribution < 1.29 is 4.74 Å². The van der Waals surface area contributed by atoms with E-state index in [2.05, 4.69) is 38.1 Å². The second kappa shape index (κ2) is 13.4. The highest BCUT2D eigenvalue weighted by atomic mass is 16.5. The van der Waals surface area contributed by atoms with Gasteiger partial charge >= 0.3 is 0 Å². The van der Waals surface area contributed by atoms with Crippen molar-refractivity contribution in [2.24, 2.45) is 17.8 Å². The predicted molar refractivity (Wildman–Crippen MR) is 130 cm³/mol. The van der Waals surface area contributed by atoms with E-state index >= 15 is 0 Å². The molecule has 0 spiro atoms. The van der Waals surface area contributed by atoms with Crippen LogP contribution in [0.3, 0.4) is 0 Å². The number of hydrogen-bond donors (Lipinski definition) is 0. The molecular formula is C29H48O. The lowest BCUT2D eigenvalue weighted by Gasteiger charge is -2.28. The molecule has 2 aliphatic carbocycles. The van der Waals surface area contributed by atoms with E-state index in [1.54, 1.807) is 0 Å². The topological polar surface area (TPSA) is 9.23 Å². The molecule has 1 aromatic rings. The Labute approximate surface area is 187 Å². The third kappa shape index (κ3) is 8.27. The Balaban J connectivity index is 1.23. The first-order valence-corrected chi connectivity index (χ1v) is 13.5. The molecule has 0 saturated heterocycles. The third-order valence-corrected chi connectivity index (χ3v) is 8.08. The molecular weight excluding hydrogens is 364 g/mol. The molecule has 0 N–H and O–H groups in total. The fourth-order valence-corrected chi connectivity index (χ4v) is 5.84. The number of unbranched alkanes of at least 4 members (excludes halogenated alkanes) is 4. The lowest BCUT2D eigenvalue weighted by molar-refractivity contribution is 0.228. The molecule has 1 heteroatoms. The van der Waals surface area contributed by atoms with Gasteiger partial charge in [0.2, 0.25) is 0 Å². The first-order chi connectivity index (χ1) is 14.7. The Hall–Kier alpha value is -0.980. The molecule has 0 radical (unpaired) electrons. The van der Waals surface area contributed by atoms with Crippen LogP contribution in [0.4, 0.5) is 0 Å². The van der Waals surface area contributed by atoms with Crippen molar-refractivity contribution in [1.82, 2.24) is 0 Å². The van der Waals surface area contributed by atoms with Crippen LogP contribution in [-0.2, 0) is 0 Å². The SMILES string of the molecule is CCCCCCCC1CCC(CCCOc2ccc(C3CCC(C)CC3)cc2)CC1. The number of benzene rings is 1. The molecule has 3 rings (SSSR count). The summed E-state index contributed by atoms with van der Waals surface area (Å²) in [5, 5.41) is 0. The Morgan fingerprint density at radius 2 is 1.30 bits per heavy atom. The van der Waals surface area contributed by atoms with Crippen molar-refractivity contribution >= 4 is 0 Å². The highest BCUT2D eigenvalue weighted by Crippen LogP contribution is 2.36. The normalized spacial score (nSPS) is 27.1. The van der Waals surface area contributed by atoms with Crippen molar-refractivity contribution in [3.8, 4) is 5.75 Å². The van der Waals surface area contributed by atoms with Crippen molar-refractivity contribution in [3.63, 3.8) is 0 Å². The van der Waals surface area contributed by atoms with Crippen molar-refractivity contribution in [2.75, 3.05) is 6.61 Å². The molecule has 0 atom stereocenters. The van der Waals surface area contributed by atoms with Gasteiger partial charge in [0.25, 0.3) is 0 Å². The average molecular weight is 413 g/mol. The Bertz CT molecular complexity index is 546. The van der Waals surface area contributed by atoms with Crippen LogP contribution in [-0.4, -0.2) is 6.61 Å². The molecule has 1 nitrogen and oxygen atoms in total. The van der Waals surface area contributed by atoms with E-state index in [0.717, 1.165) is 36.0 Å². The van der Waals surface area contributed by atoms with E-state index in [-0.39, 0.29) is 0 Å². The van der Waals surface area contributed by atoms with E-state index in [9.17, 15) is 0 Å². The van der Waals surface area contributed by atoms with Gasteiger partial charge in [0.1, 0.15) is 5.75 Å². The van der Waals surface area contributed by atoms with E-state index < -0.39 is 0 Å². The molecule has 0 aliphatic heterocycles. The minimum Gasteiger partial charge on any atom is -0.494 e. The lowest BCUT2D eigenvalue weighted by atomic mass is 9.78. The molecule has 0 aromatic heterocycles. The molecule has 2 fully saturated rings. The van der Waals surface area contributed by atoms with Gasteiger partial charge in [-0.25, -0.2) is 0 Å². The molecule has 0 unspecified atom stereocenters. The number of rotatable bonds is 12. The second-order valence-electron chi connectivity index (χ2n) is 10.6. The Morgan fingerprint density at radius 1 is 0.700 bits per heavy atom. The molecule has 0 heterocycles. The molecule has 170 valence electrons. The first-order valence-electron chi connectivity index (χ1n) is 13.5. The van der Waals surface area contributed by atoms with Crippen LogP contribution in [0.25, 0.3) is 0 Å². The zero-order chi connectivity index (χ0) is 21.0. The molecule has 0 bridgehead atoms. The molecule has 2 saturated carbocycles. The van der Waals surface area contributed by atoms with Crippen LogP contribution in [0.1, 0.15) is 128 Å². The smallest absolute Gasteiger partial charge is 0.119 e. The monoisotopic (exact) mass is 412 g/mol. The molecule has 2 aliphatic rings. The first kappa shape index (κ1) is 23.7. The highest BCUT2D eigenvalue weighted by Gasteiger charge is 2.21. The van der Waals surface area contributed by atoms with Crippen molar-refractivity contribution in [2.45, 2.75) is 122 Å². The van der Waals surface area contributed by atoms with E-state index in [1.165, 1.54) is 108 Å². The van der Waals surface area contributed by atoms with Gasteiger partial charge < -0.3 is 4.74 Å². The average Bonchev–Trinajstić information content (AvgIpc) is 2.78. The van der Waals surface area contributed by atoms with Gasteiger partial charge in [0, 0.05) is 0 Å². The maximum absolute atomic E-state index is 6.06. The summed E-state index contributed by atoms with van der Waals surface area (Å²) in [7, 11) is 0. The Kier molecular flexibility index (Phi) is 10.6. The van der Waals surface area contributed by atoms with Gasteiger partial charge in [-0.1, -0.05) is 103 Å². The summed E-state index contributed by atoms with van der Waals surface area (Å²) in [6.07, 6.45) is 22.7. The summed E-state index contributed by atoms with van der Waals surface area (Å²) in [5.74, 6) is 4.76. The molecule has 1 aromatic carbocycles. The maximum Gasteiger partial charge on any atom is 0.119 e. The summed E-state index contributed by atoms with van der Waals surface area (Å²) < 4.78 is 6.06. The van der Waals surface area contributed by atoms with Gasteiger partial charge in [-0.3, -0.25) is 0 Å². The minimum absolute atomic E-state index is 0.779. The summed E-state index contributed by atoms with van der Waals surface area (Å²) in [4.78, 5) is 0. The van der Waals surface area contributed by atoms with Crippen LogP contribution >= 0.6 is 0 Å². The van der Waals surface area contributed by atoms with E-state index in [4.69, 9.17) is 4.74 Å². The van der Waals surface area contributed by atoms with Gasteiger partial charge in [-0.05, 0) is 67.1 Å². The second-order valence-corrected chi connectivity index (χ2v) is 10.6. The van der Waals surface area contributed by atoms with Crippen LogP contribution in [0.5, 0.6) is 5.75 Å². The minimum atomic E-state index is 0.779. The maximum atomic E-state index is 6.06. The fourth-order valence-electron chi connectivity index (χ4n) is 5.84. The summed E-state index contributed by atoms with van der Waals surface area (Å²) in [6, 6.07) is 9.05. The van der Waals surface area contributed by atoms with Gasteiger partial charge in [0.15, 0.2) is 0 Å². The van der Waals surface area contributed by atoms with Gasteiger partial charge in [-0.2, -0.15) is 0 Å². The standard InChI is InChI=1S/C29H48O/c1-3-4-5-6-7-9-25-13-15-26(16-14-25)10-8-23-30-29-21-19-28(20-22-29)27-17-11-24(2)12-18-27/h19-22,24-27H,3-18,23H2,1-2H3. The highest BCUT2D eigenvalue weighted by molar-refractivity contribution is 5.29. The zero-order valence-electron chi connectivity index (χ0n) is 20.0.